The summed E-state index contributed by atoms with van der Waals surface area (Å²) in [6, 6.07) is 10.0. The van der Waals surface area contributed by atoms with Crippen LogP contribution in [0.3, 0.4) is 0 Å². The molecule has 1 aromatic heterocycles. The van der Waals surface area contributed by atoms with E-state index in [9.17, 15) is 9.59 Å². The molecule has 1 aliphatic rings. The fourth-order valence-electron chi connectivity index (χ4n) is 4.24. The number of aryl methyl sites for hydroxylation is 1. The van der Waals surface area contributed by atoms with E-state index in [2.05, 4.69) is 5.16 Å². The molecule has 2 heterocycles. The van der Waals surface area contributed by atoms with Crippen LogP contribution >= 0.6 is 0 Å². The van der Waals surface area contributed by atoms with Gasteiger partial charge < -0.3 is 14.3 Å². The number of likely N-dealkylation sites (tertiary alicyclic amines) is 1. The number of hydrogen-bond acceptors (Lipinski definition) is 4. The van der Waals surface area contributed by atoms with Crippen molar-refractivity contribution >= 4 is 11.8 Å². The van der Waals surface area contributed by atoms with Gasteiger partial charge in [0, 0.05) is 50.7 Å². The van der Waals surface area contributed by atoms with Crippen LogP contribution < -0.4 is 0 Å². The van der Waals surface area contributed by atoms with E-state index in [0.717, 1.165) is 24.1 Å². The molecule has 6 nitrogen and oxygen atoms in total. The molecule has 1 aromatic carbocycles. The van der Waals surface area contributed by atoms with Gasteiger partial charge in [0.25, 0.3) is 0 Å². The number of carbonyl (C=O) groups excluding carboxylic acids is 2. The minimum absolute atomic E-state index is 0.0298. The molecule has 0 N–H and O–H groups in total. The molecule has 2 aromatic rings. The summed E-state index contributed by atoms with van der Waals surface area (Å²) in [4.78, 5) is 29.7. The molecule has 162 valence electrons. The van der Waals surface area contributed by atoms with Gasteiger partial charge in [0.15, 0.2) is 0 Å². The van der Waals surface area contributed by atoms with Crippen LogP contribution in [0.5, 0.6) is 0 Å². The molecule has 0 unspecified atom stereocenters. The number of benzene rings is 1. The Labute approximate surface area is 179 Å². The molecule has 1 fully saturated rings. The van der Waals surface area contributed by atoms with Crippen molar-refractivity contribution in [3.05, 3.63) is 41.7 Å². The number of piperidine rings is 1. The highest BCUT2D eigenvalue weighted by Gasteiger charge is 2.46. The average molecular weight is 412 g/mol. The summed E-state index contributed by atoms with van der Waals surface area (Å²) in [6.07, 6.45) is 1.94. The van der Waals surface area contributed by atoms with Crippen molar-refractivity contribution in [1.82, 2.24) is 15.0 Å². The Morgan fingerprint density at radius 2 is 1.87 bits per heavy atom. The van der Waals surface area contributed by atoms with Gasteiger partial charge in [-0.15, -0.1) is 0 Å². The van der Waals surface area contributed by atoms with Gasteiger partial charge in [-0.25, -0.2) is 0 Å². The Hall–Kier alpha value is -2.63. The molecule has 0 aliphatic carbocycles. The lowest BCUT2D eigenvalue weighted by molar-refractivity contribution is -0.151. The molecule has 1 atom stereocenters. The Morgan fingerprint density at radius 1 is 1.20 bits per heavy atom. The smallest absolute Gasteiger partial charge is 0.230 e. The highest BCUT2D eigenvalue weighted by atomic mass is 16.5. The Morgan fingerprint density at radius 3 is 2.47 bits per heavy atom. The van der Waals surface area contributed by atoms with Gasteiger partial charge in [0.2, 0.25) is 11.8 Å². The lowest BCUT2D eigenvalue weighted by Gasteiger charge is -2.44. The van der Waals surface area contributed by atoms with Crippen molar-refractivity contribution in [3.8, 4) is 11.3 Å². The van der Waals surface area contributed by atoms with Crippen LogP contribution in [0.2, 0.25) is 0 Å². The Kier molecular flexibility index (Phi) is 6.06. The number of amides is 2. The first kappa shape index (κ1) is 22.1. The fraction of sp³-hybridized carbons (Fsp3) is 0.542. The summed E-state index contributed by atoms with van der Waals surface area (Å²) in [5, 5.41) is 4.23. The Balaban J connectivity index is 1.89. The second-order valence-corrected chi connectivity index (χ2v) is 9.78. The first-order valence-corrected chi connectivity index (χ1v) is 10.6. The number of hydrogen-bond donors (Lipinski definition) is 0. The van der Waals surface area contributed by atoms with Crippen molar-refractivity contribution in [2.75, 3.05) is 27.2 Å². The zero-order valence-corrected chi connectivity index (χ0v) is 19.0. The zero-order chi connectivity index (χ0) is 22.1. The first-order valence-electron chi connectivity index (χ1n) is 10.6. The summed E-state index contributed by atoms with van der Waals surface area (Å²) in [6.45, 7) is 8.89. The van der Waals surface area contributed by atoms with E-state index in [1.54, 1.807) is 19.0 Å². The third kappa shape index (κ3) is 4.58. The van der Waals surface area contributed by atoms with Gasteiger partial charge >= 0.3 is 0 Å². The van der Waals surface area contributed by atoms with Gasteiger partial charge in [-0.2, -0.15) is 0 Å². The maximum atomic E-state index is 13.3. The summed E-state index contributed by atoms with van der Waals surface area (Å²) in [5.41, 5.74) is 1.75. The fourth-order valence-corrected chi connectivity index (χ4v) is 4.24. The predicted molar refractivity (Wildman–Crippen MR) is 117 cm³/mol. The number of aromatic nitrogens is 1. The number of carbonyl (C=O) groups is 2. The molecule has 2 amide bonds. The van der Waals surface area contributed by atoms with E-state index in [0.29, 0.717) is 25.3 Å². The predicted octanol–water partition coefficient (Wildman–Crippen LogP) is 3.94. The lowest BCUT2D eigenvalue weighted by atomic mass is 9.74. The molecule has 0 saturated carbocycles. The van der Waals surface area contributed by atoms with Crippen molar-refractivity contribution in [2.45, 2.75) is 47.0 Å². The van der Waals surface area contributed by atoms with E-state index >= 15 is 0 Å². The van der Waals surface area contributed by atoms with Gasteiger partial charge in [0.1, 0.15) is 11.5 Å². The van der Waals surface area contributed by atoms with E-state index in [1.165, 1.54) is 5.56 Å². The largest absolute Gasteiger partial charge is 0.361 e. The third-order valence-electron chi connectivity index (χ3n) is 5.78. The molecule has 1 aliphatic heterocycles. The number of rotatable bonds is 4. The Bertz CT molecular complexity index is 909. The summed E-state index contributed by atoms with van der Waals surface area (Å²) in [5.74, 6) is 0.782. The molecule has 0 radical (unpaired) electrons. The maximum absolute atomic E-state index is 13.3. The van der Waals surface area contributed by atoms with E-state index in [4.69, 9.17) is 4.52 Å². The van der Waals surface area contributed by atoms with Crippen molar-refractivity contribution < 1.29 is 14.1 Å². The minimum Gasteiger partial charge on any atom is -0.361 e. The molecular formula is C24H33N3O3. The quantitative estimate of drug-likeness (QED) is 0.764. The summed E-state index contributed by atoms with van der Waals surface area (Å²) in [7, 11) is 3.54. The summed E-state index contributed by atoms with van der Waals surface area (Å²) < 4.78 is 5.65. The van der Waals surface area contributed by atoms with E-state index in [1.807, 2.05) is 62.9 Å². The molecule has 6 heteroatoms. The lowest BCUT2D eigenvalue weighted by Crippen LogP contribution is -2.55. The molecule has 1 saturated heterocycles. The monoisotopic (exact) mass is 411 g/mol. The normalized spacial score (nSPS) is 19.6. The van der Waals surface area contributed by atoms with E-state index in [-0.39, 0.29) is 11.8 Å². The SMILES string of the molecule is Cc1ccc(-c2cc(C[C@]3(C(=O)N(C)C)CCCN(C(=O)C(C)(C)C)C3)on2)cc1. The molecule has 0 spiro atoms. The first-order chi connectivity index (χ1) is 14.0. The van der Waals surface area contributed by atoms with Crippen molar-refractivity contribution in [1.29, 1.82) is 0 Å². The molecular weight excluding hydrogens is 378 g/mol. The maximum Gasteiger partial charge on any atom is 0.230 e. The van der Waals surface area contributed by atoms with Crippen LogP contribution in [0.4, 0.5) is 0 Å². The average Bonchev–Trinajstić information content (AvgIpc) is 3.14. The van der Waals surface area contributed by atoms with Crippen LogP contribution in [0, 0.1) is 17.8 Å². The van der Waals surface area contributed by atoms with Gasteiger partial charge in [-0.1, -0.05) is 55.8 Å². The topological polar surface area (TPSA) is 66.7 Å². The van der Waals surface area contributed by atoms with Gasteiger partial charge in [-0.05, 0) is 19.8 Å². The van der Waals surface area contributed by atoms with Crippen LogP contribution in [-0.4, -0.2) is 54.0 Å². The summed E-state index contributed by atoms with van der Waals surface area (Å²) >= 11 is 0. The van der Waals surface area contributed by atoms with Crippen LogP contribution in [0.15, 0.2) is 34.9 Å². The second-order valence-electron chi connectivity index (χ2n) is 9.78. The van der Waals surface area contributed by atoms with Crippen molar-refractivity contribution in [3.63, 3.8) is 0 Å². The van der Waals surface area contributed by atoms with Gasteiger partial charge in [-0.3, -0.25) is 9.59 Å². The number of nitrogens with zero attached hydrogens (tertiary/aromatic N) is 3. The van der Waals surface area contributed by atoms with Crippen LogP contribution in [0.25, 0.3) is 11.3 Å². The molecule has 0 bridgehead atoms. The van der Waals surface area contributed by atoms with Crippen molar-refractivity contribution in [2.24, 2.45) is 10.8 Å². The molecule has 3 rings (SSSR count). The molecule has 30 heavy (non-hydrogen) atoms. The minimum atomic E-state index is -0.702. The standard InChI is InChI=1S/C24H33N3O3/c1-17-8-10-18(11-9-17)20-14-19(30-25-20)15-24(22(29)26(5)6)12-7-13-27(16-24)21(28)23(2,3)4/h8-11,14H,7,12-13,15-16H2,1-6H3/t24-/m1/s1. The third-order valence-corrected chi connectivity index (χ3v) is 5.78. The zero-order valence-electron chi connectivity index (χ0n) is 19.0. The highest BCUT2D eigenvalue weighted by molar-refractivity contribution is 5.86. The van der Waals surface area contributed by atoms with Crippen LogP contribution in [0.1, 0.15) is 44.9 Å². The van der Waals surface area contributed by atoms with Crippen LogP contribution in [-0.2, 0) is 16.0 Å². The second kappa shape index (κ2) is 8.25. The van der Waals surface area contributed by atoms with E-state index < -0.39 is 10.8 Å². The highest BCUT2D eigenvalue weighted by Crippen LogP contribution is 2.37. The van der Waals surface area contributed by atoms with Gasteiger partial charge in [0.05, 0.1) is 5.41 Å².